The van der Waals surface area contributed by atoms with Crippen LogP contribution in [0, 0.1) is 0 Å². The Kier molecular flexibility index (Phi) is 4.41. The van der Waals surface area contributed by atoms with Gasteiger partial charge in [0.1, 0.15) is 0 Å². The van der Waals surface area contributed by atoms with Crippen molar-refractivity contribution in [3.05, 3.63) is 35.9 Å². The third-order valence-corrected chi connectivity index (χ3v) is 2.72. The molecule has 1 aromatic carbocycles. The molecule has 1 aliphatic rings. The molecule has 0 aromatic heterocycles. The SMILES string of the molecule is C=C(C)CNC(=S)NNC(=O)c1ccc2c(c1)OCO2. The van der Waals surface area contributed by atoms with E-state index in [2.05, 4.69) is 22.7 Å². The van der Waals surface area contributed by atoms with Crippen molar-refractivity contribution in [1.82, 2.24) is 16.2 Å². The molecule has 0 saturated carbocycles. The van der Waals surface area contributed by atoms with Gasteiger partial charge in [-0.3, -0.25) is 15.6 Å². The lowest BCUT2D eigenvalue weighted by molar-refractivity contribution is 0.0943. The number of carbonyl (C=O) groups excluding carboxylic acids is 1. The fraction of sp³-hybridized carbons (Fsp3) is 0.231. The number of hydrazine groups is 1. The molecule has 0 aliphatic carbocycles. The summed E-state index contributed by atoms with van der Waals surface area (Å²) in [4.78, 5) is 11.9. The van der Waals surface area contributed by atoms with Gasteiger partial charge in [0.15, 0.2) is 16.6 Å². The molecule has 7 heteroatoms. The first-order valence-electron chi connectivity index (χ1n) is 5.94. The minimum Gasteiger partial charge on any atom is -0.454 e. The number of fused-ring (bicyclic) bond motifs is 1. The molecule has 1 aliphatic heterocycles. The second-order valence-corrected chi connectivity index (χ2v) is 4.70. The van der Waals surface area contributed by atoms with Crippen LogP contribution < -0.4 is 25.6 Å². The summed E-state index contributed by atoms with van der Waals surface area (Å²) in [5.41, 5.74) is 6.50. The van der Waals surface area contributed by atoms with E-state index in [0.717, 1.165) is 5.57 Å². The molecule has 1 aromatic rings. The monoisotopic (exact) mass is 293 g/mol. The minimum absolute atomic E-state index is 0.174. The second kappa shape index (κ2) is 6.25. The van der Waals surface area contributed by atoms with Crippen molar-refractivity contribution >= 4 is 23.2 Å². The molecule has 2 rings (SSSR count). The molecule has 0 unspecified atom stereocenters. The number of thiocarbonyl (C=S) groups is 1. The molecule has 6 nitrogen and oxygen atoms in total. The summed E-state index contributed by atoms with van der Waals surface area (Å²) in [6.07, 6.45) is 0. The van der Waals surface area contributed by atoms with Crippen LogP contribution in [0.2, 0.25) is 0 Å². The van der Waals surface area contributed by atoms with Crippen LogP contribution >= 0.6 is 12.2 Å². The van der Waals surface area contributed by atoms with E-state index >= 15 is 0 Å². The Bertz CT molecular complexity index is 560. The first kappa shape index (κ1) is 14.1. The standard InChI is InChI=1S/C13H15N3O3S/c1-8(2)6-14-13(20)16-15-12(17)9-3-4-10-11(5-9)19-7-18-10/h3-5H,1,6-7H2,2H3,(H,15,17)(H2,14,16,20). The highest BCUT2D eigenvalue weighted by Crippen LogP contribution is 2.32. The van der Waals surface area contributed by atoms with Crippen molar-refractivity contribution in [2.45, 2.75) is 6.92 Å². The van der Waals surface area contributed by atoms with Crippen molar-refractivity contribution in [2.24, 2.45) is 0 Å². The van der Waals surface area contributed by atoms with Gasteiger partial charge in [0.05, 0.1) is 0 Å². The van der Waals surface area contributed by atoms with E-state index in [0.29, 0.717) is 28.7 Å². The Morgan fingerprint density at radius 3 is 2.85 bits per heavy atom. The van der Waals surface area contributed by atoms with Crippen molar-refractivity contribution in [1.29, 1.82) is 0 Å². The van der Waals surface area contributed by atoms with Crippen LogP contribution in [0.5, 0.6) is 11.5 Å². The number of benzene rings is 1. The first-order chi connectivity index (χ1) is 9.56. The van der Waals surface area contributed by atoms with Gasteiger partial charge in [-0.05, 0) is 37.3 Å². The summed E-state index contributed by atoms with van der Waals surface area (Å²) < 4.78 is 10.4. The molecule has 0 bridgehead atoms. The molecular formula is C13H15N3O3S. The number of ether oxygens (including phenoxy) is 2. The van der Waals surface area contributed by atoms with Gasteiger partial charge in [-0.2, -0.15) is 0 Å². The van der Waals surface area contributed by atoms with E-state index in [1.54, 1.807) is 18.2 Å². The zero-order chi connectivity index (χ0) is 14.5. The van der Waals surface area contributed by atoms with Crippen LogP contribution in [0.25, 0.3) is 0 Å². The van der Waals surface area contributed by atoms with Crippen LogP contribution in [-0.2, 0) is 0 Å². The van der Waals surface area contributed by atoms with E-state index < -0.39 is 0 Å². The molecule has 1 heterocycles. The van der Waals surface area contributed by atoms with Crippen molar-refractivity contribution in [3.8, 4) is 11.5 Å². The van der Waals surface area contributed by atoms with E-state index in [1.807, 2.05) is 6.92 Å². The van der Waals surface area contributed by atoms with Gasteiger partial charge in [0.2, 0.25) is 6.79 Å². The van der Waals surface area contributed by atoms with Crippen molar-refractivity contribution in [3.63, 3.8) is 0 Å². The third-order valence-electron chi connectivity index (χ3n) is 2.48. The molecule has 0 radical (unpaired) electrons. The number of carbonyl (C=O) groups is 1. The lowest BCUT2D eigenvalue weighted by Crippen LogP contribution is -2.47. The number of nitrogens with one attached hydrogen (secondary N) is 3. The highest BCUT2D eigenvalue weighted by molar-refractivity contribution is 7.80. The van der Waals surface area contributed by atoms with Crippen molar-refractivity contribution < 1.29 is 14.3 Å². The summed E-state index contributed by atoms with van der Waals surface area (Å²) in [7, 11) is 0. The topological polar surface area (TPSA) is 71.6 Å². The van der Waals surface area contributed by atoms with Crippen LogP contribution in [0.1, 0.15) is 17.3 Å². The molecule has 0 fully saturated rings. The summed E-state index contributed by atoms with van der Waals surface area (Å²) in [5.74, 6) is 0.872. The van der Waals surface area contributed by atoms with Crippen LogP contribution in [0.4, 0.5) is 0 Å². The summed E-state index contributed by atoms with van der Waals surface area (Å²) in [6, 6.07) is 4.95. The normalized spacial score (nSPS) is 11.7. The summed E-state index contributed by atoms with van der Waals surface area (Å²) in [6.45, 7) is 6.34. The smallest absolute Gasteiger partial charge is 0.269 e. The van der Waals surface area contributed by atoms with Gasteiger partial charge in [0, 0.05) is 12.1 Å². The predicted molar refractivity (Wildman–Crippen MR) is 78.6 cm³/mol. The molecule has 1 amide bonds. The Hall–Kier alpha value is -2.28. The van der Waals surface area contributed by atoms with E-state index in [1.165, 1.54) is 0 Å². The van der Waals surface area contributed by atoms with Gasteiger partial charge >= 0.3 is 0 Å². The van der Waals surface area contributed by atoms with Crippen LogP contribution in [-0.4, -0.2) is 24.4 Å². The van der Waals surface area contributed by atoms with Gasteiger partial charge in [-0.15, -0.1) is 0 Å². The average Bonchev–Trinajstić information content (AvgIpc) is 2.89. The highest BCUT2D eigenvalue weighted by Gasteiger charge is 2.16. The lowest BCUT2D eigenvalue weighted by Gasteiger charge is -2.11. The second-order valence-electron chi connectivity index (χ2n) is 4.29. The average molecular weight is 293 g/mol. The predicted octanol–water partition coefficient (Wildman–Crippen LogP) is 1.10. The van der Waals surface area contributed by atoms with E-state index in [-0.39, 0.29) is 12.7 Å². The quantitative estimate of drug-likeness (QED) is 0.440. The maximum absolute atomic E-state index is 11.9. The van der Waals surface area contributed by atoms with Gasteiger partial charge < -0.3 is 14.8 Å². The maximum atomic E-state index is 11.9. The fourth-order valence-electron chi connectivity index (χ4n) is 1.50. The maximum Gasteiger partial charge on any atom is 0.269 e. The number of hydrogen-bond acceptors (Lipinski definition) is 4. The zero-order valence-corrected chi connectivity index (χ0v) is 11.8. The lowest BCUT2D eigenvalue weighted by atomic mass is 10.2. The van der Waals surface area contributed by atoms with Crippen molar-refractivity contribution in [2.75, 3.05) is 13.3 Å². The molecule has 106 valence electrons. The van der Waals surface area contributed by atoms with Gasteiger partial charge in [0.25, 0.3) is 5.91 Å². The number of hydrogen-bond donors (Lipinski definition) is 3. The third kappa shape index (κ3) is 3.61. The van der Waals surface area contributed by atoms with E-state index in [4.69, 9.17) is 21.7 Å². The molecule has 3 N–H and O–H groups in total. The minimum atomic E-state index is -0.317. The number of amides is 1. The molecule has 20 heavy (non-hydrogen) atoms. The van der Waals surface area contributed by atoms with Gasteiger partial charge in [-0.1, -0.05) is 12.2 Å². The van der Waals surface area contributed by atoms with Crippen LogP contribution in [0.3, 0.4) is 0 Å². The van der Waals surface area contributed by atoms with Crippen LogP contribution in [0.15, 0.2) is 30.4 Å². The number of rotatable bonds is 3. The molecular weight excluding hydrogens is 278 g/mol. The Morgan fingerprint density at radius 2 is 2.10 bits per heavy atom. The largest absolute Gasteiger partial charge is 0.454 e. The molecule has 0 spiro atoms. The summed E-state index contributed by atoms with van der Waals surface area (Å²) in [5, 5.41) is 3.21. The first-order valence-corrected chi connectivity index (χ1v) is 6.35. The van der Waals surface area contributed by atoms with Gasteiger partial charge in [-0.25, -0.2) is 0 Å². The zero-order valence-electron chi connectivity index (χ0n) is 11.0. The Morgan fingerprint density at radius 1 is 1.35 bits per heavy atom. The summed E-state index contributed by atoms with van der Waals surface area (Å²) >= 11 is 5.00. The van der Waals surface area contributed by atoms with E-state index in [9.17, 15) is 4.79 Å². The fourth-order valence-corrected chi connectivity index (χ4v) is 1.62. The molecule has 0 saturated heterocycles. The Balaban J connectivity index is 1.86. The highest BCUT2D eigenvalue weighted by atomic mass is 32.1. The molecule has 0 atom stereocenters. The Labute approximate surface area is 122 Å².